The Morgan fingerprint density at radius 3 is 2.88 bits per heavy atom. The summed E-state index contributed by atoms with van der Waals surface area (Å²) in [7, 11) is 0. The number of aromatic hydroxyl groups is 1. The minimum atomic E-state index is 0.221. The molecular weight excluding hydrogens is 298 g/mol. The number of benzene rings is 1. The number of hydrogen-bond donors (Lipinski definition) is 1. The number of hydrogen-bond acceptors (Lipinski definition) is 3. The van der Waals surface area contributed by atoms with E-state index in [1.54, 1.807) is 6.26 Å². The molecule has 3 atom stereocenters. The van der Waals surface area contributed by atoms with Gasteiger partial charge in [-0.05, 0) is 61.1 Å². The molecule has 2 aromatic rings. The predicted molar refractivity (Wildman–Crippen MR) is 95.1 cm³/mol. The van der Waals surface area contributed by atoms with Gasteiger partial charge in [0.2, 0.25) is 0 Å². The SMILES string of the molecule is CC[C@@H]1[C@@H]2Cc3ccc(O)cc3[C@]1(CC)CCN2Cc1ccoc1. The number of furan rings is 1. The van der Waals surface area contributed by atoms with E-state index >= 15 is 0 Å². The van der Waals surface area contributed by atoms with Crippen molar-refractivity contribution in [2.45, 2.75) is 57.5 Å². The van der Waals surface area contributed by atoms with Crippen LogP contribution in [0.2, 0.25) is 0 Å². The summed E-state index contributed by atoms with van der Waals surface area (Å²) in [4.78, 5) is 2.66. The van der Waals surface area contributed by atoms with Crippen molar-refractivity contribution >= 4 is 0 Å². The van der Waals surface area contributed by atoms with Crippen molar-refractivity contribution in [3.63, 3.8) is 0 Å². The number of phenols is 1. The van der Waals surface area contributed by atoms with Crippen LogP contribution in [-0.4, -0.2) is 22.6 Å². The molecule has 3 nitrogen and oxygen atoms in total. The highest BCUT2D eigenvalue weighted by molar-refractivity contribution is 5.44. The second kappa shape index (κ2) is 5.96. The van der Waals surface area contributed by atoms with Gasteiger partial charge in [-0.3, -0.25) is 4.90 Å². The lowest BCUT2D eigenvalue weighted by molar-refractivity contribution is 0.00411. The molecule has 1 aromatic heterocycles. The first kappa shape index (κ1) is 15.8. The second-order valence-corrected chi connectivity index (χ2v) is 7.49. The molecule has 2 aliphatic rings. The van der Waals surface area contributed by atoms with Gasteiger partial charge < -0.3 is 9.52 Å². The molecular formula is C21H27NO2. The topological polar surface area (TPSA) is 36.6 Å². The average Bonchev–Trinajstić information content (AvgIpc) is 3.10. The summed E-state index contributed by atoms with van der Waals surface area (Å²) >= 11 is 0. The van der Waals surface area contributed by atoms with Gasteiger partial charge in [0.25, 0.3) is 0 Å². The highest BCUT2D eigenvalue weighted by Gasteiger charge is 2.51. The third kappa shape index (κ3) is 2.29. The van der Waals surface area contributed by atoms with Crippen molar-refractivity contribution in [3.8, 4) is 5.75 Å². The molecule has 1 aromatic carbocycles. The number of piperidine rings is 1. The molecule has 0 amide bonds. The third-order valence-electron chi connectivity index (χ3n) is 6.58. The van der Waals surface area contributed by atoms with Gasteiger partial charge in [-0.1, -0.05) is 26.3 Å². The van der Waals surface area contributed by atoms with Crippen LogP contribution in [0.1, 0.15) is 49.8 Å². The Labute approximate surface area is 144 Å². The van der Waals surface area contributed by atoms with E-state index in [0.29, 0.717) is 17.7 Å². The van der Waals surface area contributed by atoms with Crippen molar-refractivity contribution in [2.75, 3.05) is 6.54 Å². The van der Waals surface area contributed by atoms with Crippen molar-refractivity contribution in [3.05, 3.63) is 53.5 Å². The Bertz CT molecular complexity index is 709. The minimum Gasteiger partial charge on any atom is -0.508 e. The largest absolute Gasteiger partial charge is 0.508 e. The summed E-state index contributed by atoms with van der Waals surface area (Å²) in [6.45, 7) is 6.75. The monoisotopic (exact) mass is 325 g/mol. The van der Waals surface area contributed by atoms with E-state index in [1.807, 2.05) is 18.4 Å². The molecule has 1 aliphatic carbocycles. The number of rotatable bonds is 4. The van der Waals surface area contributed by atoms with Crippen molar-refractivity contribution < 1.29 is 9.52 Å². The van der Waals surface area contributed by atoms with Crippen LogP contribution < -0.4 is 0 Å². The quantitative estimate of drug-likeness (QED) is 0.900. The molecule has 0 unspecified atom stereocenters. The maximum atomic E-state index is 10.1. The highest BCUT2D eigenvalue weighted by atomic mass is 16.3. The second-order valence-electron chi connectivity index (χ2n) is 7.49. The number of fused-ring (bicyclic) bond motifs is 4. The lowest BCUT2D eigenvalue weighted by Crippen LogP contribution is -2.59. The third-order valence-corrected chi connectivity index (χ3v) is 6.58. The lowest BCUT2D eigenvalue weighted by atomic mass is 9.55. The van der Waals surface area contributed by atoms with Crippen LogP contribution in [0, 0.1) is 5.92 Å². The van der Waals surface area contributed by atoms with Crippen LogP contribution in [0.4, 0.5) is 0 Å². The van der Waals surface area contributed by atoms with Gasteiger partial charge in [0.15, 0.2) is 0 Å². The van der Waals surface area contributed by atoms with Crippen molar-refractivity contribution in [1.29, 1.82) is 0 Å². The van der Waals surface area contributed by atoms with Gasteiger partial charge in [-0.2, -0.15) is 0 Å². The molecule has 1 fully saturated rings. The Balaban J connectivity index is 1.74. The summed E-state index contributed by atoms with van der Waals surface area (Å²) in [5, 5.41) is 10.1. The zero-order chi connectivity index (χ0) is 16.7. The molecule has 2 heterocycles. The summed E-state index contributed by atoms with van der Waals surface area (Å²) in [6, 6.07) is 8.71. The Hall–Kier alpha value is -1.74. The number of likely N-dealkylation sites (tertiary alicyclic amines) is 1. The normalized spacial score (nSPS) is 29.4. The smallest absolute Gasteiger partial charge is 0.115 e. The van der Waals surface area contributed by atoms with Gasteiger partial charge in [-0.15, -0.1) is 0 Å². The summed E-state index contributed by atoms with van der Waals surface area (Å²) in [5.74, 6) is 1.06. The molecule has 0 radical (unpaired) electrons. The van der Waals surface area contributed by atoms with E-state index in [-0.39, 0.29) is 5.41 Å². The van der Waals surface area contributed by atoms with E-state index in [4.69, 9.17) is 4.42 Å². The first-order chi connectivity index (χ1) is 11.7. The Morgan fingerprint density at radius 1 is 1.29 bits per heavy atom. The molecule has 24 heavy (non-hydrogen) atoms. The first-order valence-electron chi connectivity index (χ1n) is 9.25. The standard InChI is InChI=1S/C21H27NO2/c1-3-18-20-11-16-5-6-17(23)12-19(16)21(18,4-2)8-9-22(20)13-15-7-10-24-14-15/h5-7,10,12,14,18,20,23H,3-4,8-9,11,13H2,1-2H3/t18-,20+,21-/m1/s1. The summed E-state index contributed by atoms with van der Waals surface area (Å²) < 4.78 is 5.27. The van der Waals surface area contributed by atoms with Crippen molar-refractivity contribution in [1.82, 2.24) is 4.90 Å². The molecule has 0 spiro atoms. The molecule has 128 valence electrons. The average molecular weight is 325 g/mol. The van der Waals surface area contributed by atoms with E-state index in [0.717, 1.165) is 25.9 Å². The lowest BCUT2D eigenvalue weighted by Gasteiger charge is -2.57. The van der Waals surface area contributed by atoms with Gasteiger partial charge in [0.1, 0.15) is 5.75 Å². The van der Waals surface area contributed by atoms with Crippen LogP contribution in [-0.2, 0) is 18.4 Å². The molecule has 1 saturated heterocycles. The van der Waals surface area contributed by atoms with Crippen LogP contribution in [0.3, 0.4) is 0 Å². The Morgan fingerprint density at radius 2 is 2.17 bits per heavy atom. The fourth-order valence-corrected chi connectivity index (χ4v) is 5.46. The number of nitrogens with zero attached hydrogens (tertiary/aromatic N) is 1. The van der Waals surface area contributed by atoms with E-state index in [1.165, 1.54) is 29.5 Å². The Kier molecular flexibility index (Phi) is 3.92. The fraction of sp³-hybridized carbons (Fsp3) is 0.524. The fourth-order valence-electron chi connectivity index (χ4n) is 5.46. The maximum absolute atomic E-state index is 10.1. The summed E-state index contributed by atoms with van der Waals surface area (Å²) in [5.41, 5.74) is 4.33. The van der Waals surface area contributed by atoms with Gasteiger partial charge in [0.05, 0.1) is 12.5 Å². The van der Waals surface area contributed by atoms with Crippen LogP contribution in [0.5, 0.6) is 5.75 Å². The van der Waals surface area contributed by atoms with E-state index < -0.39 is 0 Å². The molecule has 1 aliphatic heterocycles. The molecule has 3 heteroatoms. The van der Waals surface area contributed by atoms with E-state index in [2.05, 4.69) is 30.9 Å². The summed E-state index contributed by atoms with van der Waals surface area (Å²) in [6.07, 6.45) is 8.25. The van der Waals surface area contributed by atoms with Gasteiger partial charge in [0, 0.05) is 23.6 Å². The zero-order valence-electron chi connectivity index (χ0n) is 14.7. The number of phenolic OH excluding ortho intramolecular Hbond substituents is 1. The first-order valence-corrected chi connectivity index (χ1v) is 9.25. The van der Waals surface area contributed by atoms with E-state index in [9.17, 15) is 5.11 Å². The highest BCUT2D eigenvalue weighted by Crippen LogP contribution is 2.52. The molecule has 0 saturated carbocycles. The van der Waals surface area contributed by atoms with Crippen molar-refractivity contribution in [2.24, 2.45) is 5.92 Å². The van der Waals surface area contributed by atoms with Crippen LogP contribution in [0.15, 0.2) is 41.2 Å². The maximum Gasteiger partial charge on any atom is 0.115 e. The van der Waals surface area contributed by atoms with Crippen LogP contribution in [0.25, 0.3) is 0 Å². The zero-order valence-corrected chi connectivity index (χ0v) is 14.7. The van der Waals surface area contributed by atoms with Gasteiger partial charge in [-0.25, -0.2) is 0 Å². The molecule has 1 N–H and O–H groups in total. The predicted octanol–water partition coefficient (Wildman–Crippen LogP) is 4.49. The van der Waals surface area contributed by atoms with Crippen LogP contribution >= 0.6 is 0 Å². The van der Waals surface area contributed by atoms with Gasteiger partial charge >= 0.3 is 0 Å². The minimum absolute atomic E-state index is 0.221. The molecule has 4 rings (SSSR count). The molecule has 2 bridgehead atoms.